The molecule has 66 valence electrons. The second kappa shape index (κ2) is 2.45. The second-order valence-electron chi connectivity index (χ2n) is 4.11. The molecule has 0 aromatic rings. The predicted molar refractivity (Wildman–Crippen MR) is 44.5 cm³/mol. The van der Waals surface area contributed by atoms with Gasteiger partial charge in [0, 0.05) is 18.9 Å². The largest absolute Gasteiger partial charge is 0.369 e. The summed E-state index contributed by atoms with van der Waals surface area (Å²) >= 11 is 0. The lowest BCUT2D eigenvalue weighted by Crippen LogP contribution is -2.46. The zero-order valence-electron chi connectivity index (χ0n) is 7.50. The fraction of sp³-hybridized carbons (Fsp3) is 0.889. The highest BCUT2D eigenvalue weighted by atomic mass is 16.6. The maximum Gasteiger partial charge on any atom is 0.112 e. The van der Waals surface area contributed by atoms with E-state index in [1.165, 1.54) is 0 Å². The lowest BCUT2D eigenvalue weighted by molar-refractivity contribution is 0.238. The van der Waals surface area contributed by atoms with Crippen molar-refractivity contribution < 1.29 is 4.74 Å². The normalized spacial score (nSPS) is 44.2. The molecule has 2 aliphatic rings. The smallest absolute Gasteiger partial charge is 0.112 e. The van der Waals surface area contributed by atoms with Crippen LogP contribution in [0, 0.1) is 11.3 Å². The van der Waals surface area contributed by atoms with Crippen LogP contribution in [0.3, 0.4) is 0 Å². The molecular formula is C9H14N2O. The Kier molecular flexibility index (Phi) is 1.64. The molecule has 2 fully saturated rings. The Morgan fingerprint density at radius 1 is 1.50 bits per heavy atom. The quantitative estimate of drug-likeness (QED) is 0.617. The molecule has 0 spiro atoms. The molecule has 3 heteroatoms. The van der Waals surface area contributed by atoms with Crippen molar-refractivity contribution in [2.75, 3.05) is 0 Å². The molecule has 0 aromatic carbocycles. The van der Waals surface area contributed by atoms with Crippen molar-refractivity contribution in [1.82, 2.24) is 5.32 Å². The number of hydrogen-bond donors (Lipinski definition) is 1. The first-order valence-corrected chi connectivity index (χ1v) is 4.50. The van der Waals surface area contributed by atoms with E-state index < -0.39 is 0 Å². The van der Waals surface area contributed by atoms with Crippen LogP contribution in [0.1, 0.15) is 26.7 Å². The Bertz CT molecular complexity index is 221. The van der Waals surface area contributed by atoms with Crippen LogP contribution < -0.4 is 5.32 Å². The summed E-state index contributed by atoms with van der Waals surface area (Å²) in [5.74, 6) is 0. The maximum absolute atomic E-state index is 9.04. The summed E-state index contributed by atoms with van der Waals surface area (Å²) in [6.07, 6.45) is 2.48. The summed E-state index contributed by atoms with van der Waals surface area (Å²) in [5.41, 5.74) is -0.290. The first kappa shape index (κ1) is 8.03. The molecule has 1 N–H and O–H groups in total. The van der Waals surface area contributed by atoms with E-state index >= 15 is 0 Å². The van der Waals surface area contributed by atoms with E-state index in [-0.39, 0.29) is 5.54 Å². The number of nitriles is 1. The molecule has 2 unspecified atom stereocenters. The molecule has 0 aromatic heterocycles. The number of nitrogens with zero attached hydrogens (tertiary/aromatic N) is 1. The molecule has 3 nitrogen and oxygen atoms in total. The minimum atomic E-state index is -0.290. The van der Waals surface area contributed by atoms with Crippen molar-refractivity contribution >= 4 is 0 Å². The van der Waals surface area contributed by atoms with Crippen LogP contribution in [0.5, 0.6) is 0 Å². The van der Waals surface area contributed by atoms with E-state index in [9.17, 15) is 0 Å². The highest BCUT2D eigenvalue weighted by molar-refractivity contribution is 5.19. The van der Waals surface area contributed by atoms with Crippen LogP contribution in [-0.4, -0.2) is 23.8 Å². The van der Waals surface area contributed by atoms with Gasteiger partial charge in [-0.25, -0.2) is 0 Å². The lowest BCUT2D eigenvalue weighted by atomic mass is 9.98. The molecule has 1 aliphatic carbocycles. The molecule has 1 aliphatic heterocycles. The van der Waals surface area contributed by atoms with Crippen molar-refractivity contribution in [3.05, 3.63) is 0 Å². The summed E-state index contributed by atoms with van der Waals surface area (Å²) in [7, 11) is 0. The van der Waals surface area contributed by atoms with E-state index in [2.05, 4.69) is 25.2 Å². The fourth-order valence-corrected chi connectivity index (χ4v) is 2.10. The standard InChI is InChI=1S/C9H14N2O/c1-6(2)11-9(5-10)3-7-8(4-9)12-7/h6-8,11H,3-4H2,1-2H3. The Hall–Kier alpha value is -0.590. The van der Waals surface area contributed by atoms with Gasteiger partial charge in [-0.15, -0.1) is 0 Å². The Labute approximate surface area is 72.7 Å². The molecule has 0 amide bonds. The highest BCUT2D eigenvalue weighted by Gasteiger charge is 2.56. The van der Waals surface area contributed by atoms with Crippen molar-refractivity contribution in [2.45, 2.75) is 50.5 Å². The third-order valence-electron chi connectivity index (χ3n) is 2.57. The third-order valence-corrected chi connectivity index (χ3v) is 2.57. The van der Waals surface area contributed by atoms with Crippen molar-refractivity contribution in [2.24, 2.45) is 0 Å². The maximum atomic E-state index is 9.04. The number of epoxide rings is 1. The summed E-state index contributed by atoms with van der Waals surface area (Å²) in [5, 5.41) is 12.4. The third kappa shape index (κ3) is 1.21. The van der Waals surface area contributed by atoms with E-state index in [4.69, 9.17) is 10.00 Å². The van der Waals surface area contributed by atoms with Gasteiger partial charge in [-0.2, -0.15) is 5.26 Å². The number of ether oxygens (including phenoxy) is 1. The zero-order chi connectivity index (χ0) is 8.77. The first-order valence-electron chi connectivity index (χ1n) is 4.50. The molecule has 12 heavy (non-hydrogen) atoms. The van der Waals surface area contributed by atoms with Crippen LogP contribution in [0.15, 0.2) is 0 Å². The van der Waals surface area contributed by atoms with Crippen LogP contribution in [0.4, 0.5) is 0 Å². The SMILES string of the molecule is CC(C)NC1(C#N)CC2OC2C1. The average Bonchev–Trinajstić information content (AvgIpc) is 2.59. The monoisotopic (exact) mass is 166 g/mol. The number of rotatable bonds is 2. The van der Waals surface area contributed by atoms with E-state index in [0.717, 1.165) is 12.8 Å². The molecule has 1 saturated carbocycles. The van der Waals surface area contributed by atoms with Gasteiger partial charge >= 0.3 is 0 Å². The number of fused-ring (bicyclic) bond motifs is 1. The van der Waals surface area contributed by atoms with Crippen LogP contribution >= 0.6 is 0 Å². The molecule has 0 bridgehead atoms. The summed E-state index contributed by atoms with van der Waals surface area (Å²) < 4.78 is 5.30. The van der Waals surface area contributed by atoms with Gasteiger partial charge in [0.2, 0.25) is 0 Å². The van der Waals surface area contributed by atoms with Gasteiger partial charge < -0.3 is 4.74 Å². The molecule has 1 heterocycles. The van der Waals surface area contributed by atoms with Gasteiger partial charge in [-0.1, -0.05) is 0 Å². The van der Waals surface area contributed by atoms with Crippen molar-refractivity contribution in [1.29, 1.82) is 5.26 Å². The van der Waals surface area contributed by atoms with Gasteiger partial charge in [0.25, 0.3) is 0 Å². The summed E-state index contributed by atoms with van der Waals surface area (Å²) in [6.45, 7) is 4.15. The van der Waals surface area contributed by atoms with Crippen molar-refractivity contribution in [3.63, 3.8) is 0 Å². The zero-order valence-corrected chi connectivity index (χ0v) is 7.50. The van der Waals surface area contributed by atoms with Crippen molar-refractivity contribution in [3.8, 4) is 6.07 Å². The average molecular weight is 166 g/mol. The first-order chi connectivity index (χ1) is 5.65. The van der Waals surface area contributed by atoms with E-state index in [1.807, 2.05) is 0 Å². The molecule has 2 rings (SSSR count). The topological polar surface area (TPSA) is 48.4 Å². The highest BCUT2D eigenvalue weighted by Crippen LogP contribution is 2.44. The lowest BCUT2D eigenvalue weighted by Gasteiger charge is -2.26. The fourth-order valence-electron chi connectivity index (χ4n) is 2.10. The van der Waals surface area contributed by atoms with E-state index in [0.29, 0.717) is 18.2 Å². The van der Waals surface area contributed by atoms with Crippen LogP contribution in [0.25, 0.3) is 0 Å². The van der Waals surface area contributed by atoms with Gasteiger partial charge in [0.15, 0.2) is 0 Å². The summed E-state index contributed by atoms with van der Waals surface area (Å²) in [6, 6.07) is 2.76. The van der Waals surface area contributed by atoms with Gasteiger partial charge in [-0.3, -0.25) is 5.32 Å². The van der Waals surface area contributed by atoms with Crippen LogP contribution in [0.2, 0.25) is 0 Å². The minimum absolute atomic E-state index is 0.290. The Balaban J connectivity index is 2.02. The molecule has 1 saturated heterocycles. The predicted octanol–water partition coefficient (Wildman–Crippen LogP) is 0.808. The Morgan fingerprint density at radius 2 is 2.08 bits per heavy atom. The van der Waals surface area contributed by atoms with Gasteiger partial charge in [0.05, 0.1) is 18.3 Å². The summed E-state index contributed by atoms with van der Waals surface area (Å²) in [4.78, 5) is 0. The number of nitrogens with one attached hydrogen (secondary N) is 1. The number of hydrogen-bond acceptors (Lipinski definition) is 3. The van der Waals surface area contributed by atoms with E-state index in [1.54, 1.807) is 0 Å². The second-order valence-corrected chi connectivity index (χ2v) is 4.11. The van der Waals surface area contributed by atoms with Gasteiger partial charge in [0.1, 0.15) is 5.54 Å². The molecule has 2 atom stereocenters. The molecule has 0 radical (unpaired) electrons. The molecular weight excluding hydrogens is 152 g/mol. The Morgan fingerprint density at radius 3 is 2.50 bits per heavy atom. The minimum Gasteiger partial charge on any atom is -0.369 e. The van der Waals surface area contributed by atoms with Crippen LogP contribution in [-0.2, 0) is 4.74 Å². The van der Waals surface area contributed by atoms with Gasteiger partial charge in [-0.05, 0) is 13.8 Å².